The number of benzene rings is 2. The summed E-state index contributed by atoms with van der Waals surface area (Å²) in [6, 6.07) is 13.6. The molecule has 1 amide bonds. The number of thiazole rings is 1. The second kappa shape index (κ2) is 9.36. The number of hydrogen-bond donors (Lipinski definition) is 1. The van der Waals surface area contributed by atoms with Crippen LogP contribution < -0.4 is 0 Å². The number of alkyl halides is 3. The van der Waals surface area contributed by atoms with Gasteiger partial charge in [-0.05, 0) is 0 Å². The summed E-state index contributed by atoms with van der Waals surface area (Å²) in [5.41, 5.74) is 2.21. The molecule has 1 N–H and O–H groups in total. The maximum atomic E-state index is 14.2. The van der Waals surface area contributed by atoms with Crippen molar-refractivity contribution in [1.29, 1.82) is 0 Å². The number of aliphatic hydroxyl groups excluding tert-OH is 1. The number of carbonyl (C=O) groups excluding carboxylic acids is 1. The van der Waals surface area contributed by atoms with Crippen LogP contribution in [-0.2, 0) is 19.0 Å². The first kappa shape index (κ1) is 25.3. The first-order valence-corrected chi connectivity index (χ1v) is 13.8. The Morgan fingerprint density at radius 3 is 2.68 bits per heavy atom. The van der Waals surface area contributed by atoms with Crippen LogP contribution >= 0.6 is 11.3 Å². The predicted octanol–water partition coefficient (Wildman–Crippen LogP) is 5.41. The van der Waals surface area contributed by atoms with Crippen molar-refractivity contribution >= 4 is 34.1 Å². The van der Waals surface area contributed by atoms with Gasteiger partial charge in [0.05, 0.1) is 0 Å². The van der Waals surface area contributed by atoms with E-state index in [1.165, 1.54) is 0 Å². The van der Waals surface area contributed by atoms with E-state index in [0.717, 1.165) is 33.8 Å². The molecule has 0 saturated carbocycles. The summed E-state index contributed by atoms with van der Waals surface area (Å²) >= 11 is 3.63. The van der Waals surface area contributed by atoms with Gasteiger partial charge in [0.15, 0.2) is 0 Å². The monoisotopic (exact) mass is 599 g/mol. The fourth-order valence-electron chi connectivity index (χ4n) is 5.07. The second-order valence-corrected chi connectivity index (χ2v) is 12.6. The van der Waals surface area contributed by atoms with Crippen LogP contribution in [0, 0.1) is 0 Å². The van der Waals surface area contributed by atoms with Crippen LogP contribution in [0.4, 0.5) is 13.2 Å². The van der Waals surface area contributed by atoms with Crippen LogP contribution in [0.2, 0.25) is 4.20 Å². The third-order valence-electron chi connectivity index (χ3n) is 7.06. The van der Waals surface area contributed by atoms with Crippen molar-refractivity contribution in [3.63, 3.8) is 0 Å². The Morgan fingerprint density at radius 1 is 1.18 bits per heavy atom. The predicted molar refractivity (Wildman–Crippen MR) is 137 cm³/mol. The molecule has 1 aliphatic heterocycles. The number of carbonyl (C=O) groups is 1. The molecular weight excluding hydrogens is 578 g/mol. The minimum atomic E-state index is -4.68. The first-order chi connectivity index (χ1) is 18.2. The maximum absolute atomic E-state index is 14.2. The summed E-state index contributed by atoms with van der Waals surface area (Å²) in [5.74, 6) is -0.474. The van der Waals surface area contributed by atoms with Crippen LogP contribution in [0.25, 0.3) is 32.5 Å². The van der Waals surface area contributed by atoms with Crippen molar-refractivity contribution in [2.45, 2.75) is 29.6 Å². The number of halogens is 3. The van der Waals surface area contributed by atoms with Crippen LogP contribution in [0.5, 0.6) is 0 Å². The molecule has 6 rings (SSSR count). The van der Waals surface area contributed by atoms with Crippen LogP contribution in [-0.4, -0.2) is 62.6 Å². The molecule has 1 unspecified atom stereocenters. The molecule has 2 aromatic heterocycles. The van der Waals surface area contributed by atoms with Gasteiger partial charge in [-0.25, -0.2) is 0 Å². The number of nitrogens with zero attached hydrogens (tertiary/aromatic N) is 3. The number of aromatic nitrogens is 2. The number of fused-ring (bicyclic) bond motifs is 3. The first-order valence-electron chi connectivity index (χ1n) is 12.0. The fourth-order valence-corrected chi connectivity index (χ4v) is 6.79. The van der Waals surface area contributed by atoms with Crippen LogP contribution in [0.1, 0.15) is 33.6 Å². The van der Waals surface area contributed by atoms with Gasteiger partial charge < -0.3 is 4.52 Å². The quantitative estimate of drug-likeness (QED) is 0.318. The molecule has 0 spiro atoms. The minimum absolute atomic E-state index is 0.00550. The van der Waals surface area contributed by atoms with Gasteiger partial charge in [0.1, 0.15) is 11.3 Å². The Kier molecular flexibility index (Phi) is 6.24. The zero-order chi connectivity index (χ0) is 26.7. The van der Waals surface area contributed by atoms with E-state index in [4.69, 9.17) is 4.52 Å². The third-order valence-corrected chi connectivity index (χ3v) is 9.25. The van der Waals surface area contributed by atoms with E-state index < -0.39 is 11.7 Å². The molecule has 1 fully saturated rings. The molecule has 1 saturated heterocycles. The zero-order valence-electron chi connectivity index (χ0n) is 20.0. The summed E-state index contributed by atoms with van der Waals surface area (Å²) in [5, 5.41) is 13.5. The molecule has 11 heteroatoms. The number of aryl methyl sites for hydroxylation is 2. The Morgan fingerprint density at radius 2 is 1.97 bits per heavy atom. The van der Waals surface area contributed by atoms with E-state index >= 15 is 0 Å². The van der Waals surface area contributed by atoms with Gasteiger partial charge in [0, 0.05) is 5.56 Å². The van der Waals surface area contributed by atoms with E-state index in [0.29, 0.717) is 42.8 Å². The van der Waals surface area contributed by atoms with E-state index in [2.05, 4.69) is 27.0 Å². The normalized spacial score (nSPS) is 18.9. The molecule has 2 aliphatic rings. The molecule has 38 heavy (non-hydrogen) atoms. The van der Waals surface area contributed by atoms with Crippen LogP contribution in [0.15, 0.2) is 53.1 Å². The molecule has 194 valence electrons. The molecular formula is C27H21AsF3N3O3S. The van der Waals surface area contributed by atoms with Gasteiger partial charge in [0.2, 0.25) is 0 Å². The zero-order valence-corrected chi connectivity index (χ0v) is 22.6. The van der Waals surface area contributed by atoms with Crippen molar-refractivity contribution in [2.75, 3.05) is 19.7 Å². The van der Waals surface area contributed by atoms with E-state index in [9.17, 15) is 23.1 Å². The summed E-state index contributed by atoms with van der Waals surface area (Å²) in [7, 11) is 0. The summed E-state index contributed by atoms with van der Waals surface area (Å²) in [6.45, 7) is 1.06. The number of rotatable bonds is 4. The number of likely N-dealkylation sites (tertiary alicyclic amines) is 1. The van der Waals surface area contributed by atoms with Crippen molar-refractivity contribution in [1.82, 2.24) is 15.0 Å². The molecule has 4 aromatic rings. The average molecular weight is 599 g/mol. The average Bonchev–Trinajstić information content (AvgIpc) is 3.65. The van der Waals surface area contributed by atoms with Crippen molar-refractivity contribution in [3.05, 3.63) is 70.9 Å². The number of amides is 1. The van der Waals surface area contributed by atoms with Gasteiger partial charge in [0.25, 0.3) is 0 Å². The molecule has 6 nitrogen and oxygen atoms in total. The SMILES string of the molecule is O=C(c1ccc2c(c1)CCc1nc(-c3onc(-c4ccccc4)c3C(F)(F)F)sc1-2)N1CCC([As])(CO)C1. The Hall–Kier alpha value is -2.94. The third kappa shape index (κ3) is 4.38. The van der Waals surface area contributed by atoms with E-state index in [1.54, 1.807) is 41.3 Å². The standard InChI is InChI=1S/C27H21AsF3N3O3S/c28-26(14-35)10-11-34(13-26)25(36)17-6-8-18-16(12-17)7-9-19-23(18)38-24(32-19)22-20(27(29,30)31)21(33-37-22)15-4-2-1-3-5-15/h1-6,8,12,35H,7,9-11,13-14H2. The van der Waals surface area contributed by atoms with E-state index in [1.807, 2.05) is 12.1 Å². The molecule has 2 radical (unpaired) electrons. The van der Waals surface area contributed by atoms with Crippen molar-refractivity contribution in [2.24, 2.45) is 0 Å². The summed E-state index contributed by atoms with van der Waals surface area (Å²) in [6.07, 6.45) is -2.79. The van der Waals surface area contributed by atoms with Crippen molar-refractivity contribution in [3.8, 4) is 32.5 Å². The van der Waals surface area contributed by atoms with Gasteiger partial charge in [-0.15, -0.1) is 0 Å². The van der Waals surface area contributed by atoms with Gasteiger partial charge in [-0.3, -0.25) is 0 Å². The molecule has 0 bridgehead atoms. The number of aliphatic hydroxyl groups is 1. The second-order valence-electron chi connectivity index (χ2n) is 9.63. The fraction of sp³-hybridized carbons (Fsp3) is 0.296. The van der Waals surface area contributed by atoms with Crippen LogP contribution in [0.3, 0.4) is 0 Å². The summed E-state index contributed by atoms with van der Waals surface area (Å²) < 4.78 is 47.5. The molecule has 1 atom stereocenters. The number of hydrogen-bond acceptors (Lipinski definition) is 6. The van der Waals surface area contributed by atoms with Gasteiger partial charge in [-0.1, -0.05) is 35.5 Å². The molecule has 3 heterocycles. The molecule has 2 aromatic carbocycles. The topological polar surface area (TPSA) is 79.5 Å². The molecule has 1 aliphatic carbocycles. The summed E-state index contributed by atoms with van der Waals surface area (Å²) in [4.78, 5) is 20.2. The Bertz CT molecular complexity index is 1540. The van der Waals surface area contributed by atoms with E-state index in [-0.39, 0.29) is 33.2 Å². The Balaban J connectivity index is 1.34. The van der Waals surface area contributed by atoms with Gasteiger partial charge >= 0.3 is 159 Å². The van der Waals surface area contributed by atoms with Crippen molar-refractivity contribution < 1.29 is 27.6 Å². The van der Waals surface area contributed by atoms with Gasteiger partial charge in [-0.2, -0.15) is 13.2 Å². The Labute approximate surface area is 229 Å².